The van der Waals surface area contributed by atoms with Crippen LogP contribution in [0.3, 0.4) is 0 Å². The number of anilines is 2. The second-order valence-electron chi connectivity index (χ2n) is 6.26. The average Bonchev–Trinajstić information content (AvgIpc) is 3.25. The fourth-order valence-electron chi connectivity index (χ4n) is 2.74. The number of hydrogen-bond acceptors (Lipinski definition) is 5. The van der Waals surface area contributed by atoms with Crippen LogP contribution in [0.1, 0.15) is 23.0 Å². The first-order chi connectivity index (χ1) is 13.6. The number of ether oxygens (including phenoxy) is 1. The van der Waals surface area contributed by atoms with E-state index in [0.717, 1.165) is 11.4 Å². The predicted octanol–water partition coefficient (Wildman–Crippen LogP) is 4.10. The third-order valence-electron chi connectivity index (χ3n) is 4.29. The van der Waals surface area contributed by atoms with Gasteiger partial charge in [0.2, 0.25) is 0 Å². The molecule has 1 atom stereocenters. The Bertz CT molecular complexity index is 923. The molecule has 1 aromatic heterocycles. The molecule has 0 aliphatic rings. The van der Waals surface area contributed by atoms with E-state index in [1.807, 2.05) is 42.5 Å². The molecule has 1 N–H and O–H groups in total. The van der Waals surface area contributed by atoms with Crippen molar-refractivity contribution in [1.29, 1.82) is 0 Å². The van der Waals surface area contributed by atoms with E-state index in [4.69, 9.17) is 9.15 Å². The Kier molecular flexibility index (Phi) is 6.11. The summed E-state index contributed by atoms with van der Waals surface area (Å²) in [5.41, 5.74) is 1.70. The van der Waals surface area contributed by atoms with E-state index in [2.05, 4.69) is 5.32 Å². The lowest BCUT2D eigenvalue weighted by Crippen LogP contribution is -2.37. The lowest BCUT2D eigenvalue weighted by Gasteiger charge is -2.22. The van der Waals surface area contributed by atoms with Gasteiger partial charge >= 0.3 is 5.97 Å². The van der Waals surface area contributed by atoms with Crippen LogP contribution in [-0.4, -0.2) is 25.0 Å². The molecule has 0 bridgehead atoms. The SMILES string of the molecule is C[C@@H](OC(=O)c1ccccc1NCc1ccco1)C(=O)N(C)c1ccccc1. The number of nitrogens with zero attached hydrogens (tertiary/aromatic N) is 1. The maximum Gasteiger partial charge on any atom is 0.341 e. The van der Waals surface area contributed by atoms with Crippen LogP contribution in [-0.2, 0) is 16.1 Å². The van der Waals surface area contributed by atoms with Crippen LogP contribution in [0.5, 0.6) is 0 Å². The summed E-state index contributed by atoms with van der Waals surface area (Å²) in [7, 11) is 1.65. The van der Waals surface area contributed by atoms with Crippen molar-refractivity contribution < 1.29 is 18.7 Å². The van der Waals surface area contributed by atoms with E-state index in [1.54, 1.807) is 44.5 Å². The minimum absolute atomic E-state index is 0.305. The molecule has 0 unspecified atom stereocenters. The highest BCUT2D eigenvalue weighted by Gasteiger charge is 2.24. The summed E-state index contributed by atoms with van der Waals surface area (Å²) >= 11 is 0. The second kappa shape index (κ2) is 8.90. The van der Waals surface area contributed by atoms with Gasteiger partial charge in [0.1, 0.15) is 5.76 Å². The maximum atomic E-state index is 12.6. The number of rotatable bonds is 7. The number of likely N-dealkylation sites (N-methyl/N-ethyl adjacent to an activating group) is 1. The molecular formula is C22H22N2O4. The van der Waals surface area contributed by atoms with E-state index in [9.17, 15) is 9.59 Å². The zero-order valence-electron chi connectivity index (χ0n) is 15.8. The van der Waals surface area contributed by atoms with Crippen LogP contribution in [0.4, 0.5) is 11.4 Å². The fraction of sp³-hybridized carbons (Fsp3) is 0.182. The summed E-state index contributed by atoms with van der Waals surface area (Å²) in [6, 6.07) is 19.8. The zero-order chi connectivity index (χ0) is 19.9. The number of carbonyl (C=O) groups is 2. The Morgan fingerprint density at radius 1 is 1.04 bits per heavy atom. The van der Waals surface area contributed by atoms with Crippen LogP contribution in [0.2, 0.25) is 0 Å². The molecule has 0 radical (unpaired) electrons. The highest BCUT2D eigenvalue weighted by Crippen LogP contribution is 2.19. The number of esters is 1. The molecule has 0 aliphatic heterocycles. The van der Waals surface area contributed by atoms with Crippen molar-refractivity contribution in [2.75, 3.05) is 17.3 Å². The first-order valence-electron chi connectivity index (χ1n) is 8.95. The molecule has 0 aliphatic carbocycles. The van der Waals surface area contributed by atoms with Crippen molar-refractivity contribution in [3.05, 3.63) is 84.3 Å². The zero-order valence-corrected chi connectivity index (χ0v) is 15.8. The molecular weight excluding hydrogens is 356 g/mol. The smallest absolute Gasteiger partial charge is 0.341 e. The molecule has 0 saturated carbocycles. The van der Waals surface area contributed by atoms with Gasteiger partial charge in [0.15, 0.2) is 6.10 Å². The third-order valence-corrected chi connectivity index (χ3v) is 4.29. The number of nitrogens with one attached hydrogen (secondary N) is 1. The Hall–Kier alpha value is -3.54. The van der Waals surface area contributed by atoms with Gasteiger partial charge in [0.25, 0.3) is 5.91 Å². The minimum Gasteiger partial charge on any atom is -0.467 e. The summed E-state index contributed by atoms with van der Waals surface area (Å²) in [6.07, 6.45) is 0.670. The van der Waals surface area contributed by atoms with Gasteiger partial charge in [-0.2, -0.15) is 0 Å². The number of hydrogen-bond donors (Lipinski definition) is 1. The van der Waals surface area contributed by atoms with E-state index >= 15 is 0 Å². The Balaban J connectivity index is 1.66. The van der Waals surface area contributed by atoms with E-state index in [0.29, 0.717) is 17.8 Å². The largest absolute Gasteiger partial charge is 0.467 e. The molecule has 6 heteroatoms. The quantitative estimate of drug-likeness (QED) is 0.627. The lowest BCUT2D eigenvalue weighted by atomic mass is 10.1. The van der Waals surface area contributed by atoms with Gasteiger partial charge in [0, 0.05) is 18.4 Å². The highest BCUT2D eigenvalue weighted by molar-refractivity contribution is 6.00. The van der Waals surface area contributed by atoms with Gasteiger partial charge in [-0.25, -0.2) is 4.79 Å². The second-order valence-corrected chi connectivity index (χ2v) is 6.26. The summed E-state index contributed by atoms with van der Waals surface area (Å²) in [5, 5.41) is 3.16. The van der Waals surface area contributed by atoms with Crippen LogP contribution in [0, 0.1) is 0 Å². The third kappa shape index (κ3) is 4.59. The van der Waals surface area contributed by atoms with Crippen LogP contribution in [0.15, 0.2) is 77.4 Å². The summed E-state index contributed by atoms with van der Waals surface area (Å²) in [6.45, 7) is 2.00. The fourth-order valence-corrected chi connectivity index (χ4v) is 2.74. The number of benzene rings is 2. The van der Waals surface area contributed by atoms with Crippen molar-refractivity contribution in [3.8, 4) is 0 Å². The molecule has 0 spiro atoms. The minimum atomic E-state index is -0.921. The van der Waals surface area contributed by atoms with Crippen molar-refractivity contribution in [2.24, 2.45) is 0 Å². The topological polar surface area (TPSA) is 71.8 Å². The normalized spacial score (nSPS) is 11.5. The first-order valence-corrected chi connectivity index (χ1v) is 8.95. The van der Waals surface area contributed by atoms with Crippen molar-refractivity contribution in [3.63, 3.8) is 0 Å². The molecule has 1 heterocycles. The van der Waals surface area contributed by atoms with Crippen molar-refractivity contribution in [1.82, 2.24) is 0 Å². The van der Waals surface area contributed by atoms with Crippen LogP contribution >= 0.6 is 0 Å². The van der Waals surface area contributed by atoms with E-state index < -0.39 is 12.1 Å². The van der Waals surface area contributed by atoms with Crippen molar-refractivity contribution >= 4 is 23.3 Å². The summed E-state index contributed by atoms with van der Waals surface area (Å²) in [4.78, 5) is 26.7. The number of carbonyl (C=O) groups excluding carboxylic acids is 2. The molecule has 3 aromatic rings. The Labute approximate surface area is 163 Å². The molecule has 2 aromatic carbocycles. The average molecular weight is 378 g/mol. The van der Waals surface area contributed by atoms with Gasteiger partial charge in [-0.3, -0.25) is 4.79 Å². The first kappa shape index (κ1) is 19.2. The molecule has 1 amide bonds. The predicted molar refractivity (Wildman–Crippen MR) is 107 cm³/mol. The van der Waals surface area contributed by atoms with Gasteiger partial charge in [-0.1, -0.05) is 30.3 Å². The summed E-state index contributed by atoms with van der Waals surface area (Å²) < 4.78 is 10.7. The molecule has 144 valence electrons. The number of amides is 1. The molecule has 0 fully saturated rings. The molecule has 28 heavy (non-hydrogen) atoms. The molecule has 6 nitrogen and oxygen atoms in total. The number of para-hydroxylation sites is 2. The summed E-state index contributed by atoms with van der Waals surface area (Å²) in [5.74, 6) is -0.123. The van der Waals surface area contributed by atoms with Crippen LogP contribution < -0.4 is 10.2 Å². The van der Waals surface area contributed by atoms with E-state index in [-0.39, 0.29) is 5.91 Å². The number of furan rings is 1. The Morgan fingerprint density at radius 3 is 2.46 bits per heavy atom. The monoisotopic (exact) mass is 378 g/mol. The van der Waals surface area contributed by atoms with Crippen molar-refractivity contribution in [2.45, 2.75) is 19.6 Å². The molecule has 0 saturated heterocycles. The standard InChI is InChI=1S/C22H22N2O4/c1-16(21(25)24(2)17-9-4-3-5-10-17)28-22(26)19-12-6-7-13-20(19)23-15-18-11-8-14-27-18/h3-14,16,23H,15H2,1-2H3/t16-/m1/s1. The molecule has 3 rings (SSSR count). The Morgan fingerprint density at radius 2 is 1.75 bits per heavy atom. The van der Waals surface area contributed by atoms with Gasteiger partial charge in [-0.15, -0.1) is 0 Å². The van der Waals surface area contributed by atoms with Gasteiger partial charge in [0.05, 0.1) is 18.4 Å². The van der Waals surface area contributed by atoms with E-state index in [1.165, 1.54) is 4.90 Å². The highest BCUT2D eigenvalue weighted by atomic mass is 16.5. The lowest BCUT2D eigenvalue weighted by molar-refractivity contribution is -0.126. The van der Waals surface area contributed by atoms with Gasteiger partial charge in [-0.05, 0) is 43.3 Å². The van der Waals surface area contributed by atoms with Gasteiger partial charge < -0.3 is 19.4 Å². The maximum absolute atomic E-state index is 12.6. The van der Waals surface area contributed by atoms with Crippen LogP contribution in [0.25, 0.3) is 0 Å².